The van der Waals surface area contributed by atoms with Crippen molar-refractivity contribution in [2.24, 2.45) is 0 Å². The lowest BCUT2D eigenvalue weighted by Crippen LogP contribution is -2.46. The lowest BCUT2D eigenvalue weighted by molar-refractivity contribution is -0.302. The molecule has 5 atom stereocenters. The fourth-order valence-corrected chi connectivity index (χ4v) is 5.87. The van der Waals surface area contributed by atoms with Crippen molar-refractivity contribution in [2.45, 2.75) is 63.2 Å². The Morgan fingerprint density at radius 1 is 0.750 bits per heavy atom. The van der Waals surface area contributed by atoms with Crippen LogP contribution in [0.2, 0.25) is 0 Å². The lowest BCUT2D eigenvalue weighted by atomic mass is 10.0. The number of methoxy groups -OCH3 is 3. The molecule has 5 rings (SSSR count). The van der Waals surface area contributed by atoms with Gasteiger partial charge < -0.3 is 58.3 Å². The normalized spacial score (nSPS) is 18.5. The number of ether oxygens (including phenoxy) is 8. The first-order valence-electron chi connectivity index (χ1n) is 17.0. The highest BCUT2D eigenvalue weighted by Crippen LogP contribution is 2.41. The maximum absolute atomic E-state index is 11.3. The van der Waals surface area contributed by atoms with Crippen LogP contribution in [-0.4, -0.2) is 79.6 Å². The maximum Gasteiger partial charge on any atom is 0.163 e. The molecule has 4 aromatic carbocycles. The minimum atomic E-state index is -1.28. The van der Waals surface area contributed by atoms with E-state index in [1.54, 1.807) is 43.5 Å². The summed E-state index contributed by atoms with van der Waals surface area (Å²) in [6.07, 6.45) is -4.24. The molecular formula is C40H48O12. The van der Waals surface area contributed by atoms with Crippen molar-refractivity contribution in [2.75, 3.05) is 41.2 Å². The van der Waals surface area contributed by atoms with Crippen LogP contribution >= 0.6 is 0 Å². The highest BCUT2D eigenvalue weighted by Gasteiger charge is 2.40. The van der Waals surface area contributed by atoms with Crippen molar-refractivity contribution in [1.82, 2.24) is 0 Å². The van der Waals surface area contributed by atoms with Crippen molar-refractivity contribution in [3.8, 4) is 34.5 Å². The van der Waals surface area contributed by atoms with Crippen molar-refractivity contribution in [3.63, 3.8) is 0 Å². The van der Waals surface area contributed by atoms with Crippen LogP contribution in [0.15, 0.2) is 84.9 Å². The van der Waals surface area contributed by atoms with E-state index in [1.807, 2.05) is 62.4 Å². The fraction of sp³-hybridized carbons (Fsp3) is 0.400. The van der Waals surface area contributed by atoms with Crippen molar-refractivity contribution >= 4 is 0 Å². The first-order valence-corrected chi connectivity index (χ1v) is 17.0. The van der Waals surface area contributed by atoms with Gasteiger partial charge in [-0.3, -0.25) is 0 Å². The molecule has 1 unspecified atom stereocenters. The Kier molecular flexibility index (Phi) is 13.2. The van der Waals surface area contributed by atoms with Gasteiger partial charge in [0.15, 0.2) is 52.5 Å². The van der Waals surface area contributed by atoms with Crippen LogP contribution in [-0.2, 0) is 16.1 Å². The van der Waals surface area contributed by atoms with Gasteiger partial charge in [0.05, 0.1) is 40.6 Å². The Hall–Kier alpha value is -4.56. The summed E-state index contributed by atoms with van der Waals surface area (Å²) in [5, 5.41) is 41.0. The monoisotopic (exact) mass is 720 g/mol. The third kappa shape index (κ3) is 9.45. The number of hydrogen-bond donors (Lipinski definition) is 4. The second-order valence-electron chi connectivity index (χ2n) is 12.7. The second-order valence-corrected chi connectivity index (χ2v) is 12.7. The van der Waals surface area contributed by atoms with E-state index in [1.165, 1.54) is 14.2 Å². The minimum Gasteiger partial charge on any atom is -0.493 e. The minimum absolute atomic E-state index is 0.162. The van der Waals surface area contributed by atoms with E-state index in [4.69, 9.17) is 37.9 Å². The standard InChI is InChI=1S/C40H48O12/c1-40(2)49-24-37(39(52-40)28-13-14-30(33(21-28)45-3)48-23-25-9-7-6-8-10-25)51-32-16-12-27(20-35(32)47-5)38(44)36(22-42)50-31-15-11-26(19-34(31)46-4)29(43)17-18-41/h6-16,19-21,29,36-39,41-44H,17-18,22-24H2,1-5H3/t29?,36-,37-,38+,39+/m1/s1. The summed E-state index contributed by atoms with van der Waals surface area (Å²) in [5.74, 6) is 1.51. The first-order chi connectivity index (χ1) is 25.1. The molecule has 0 spiro atoms. The third-order valence-electron chi connectivity index (χ3n) is 8.69. The van der Waals surface area contributed by atoms with E-state index in [9.17, 15) is 20.4 Å². The SMILES string of the molecule is COc1cc([C@@H]2OC(C)(C)OC[C@H]2Oc2ccc([C@H](O)[C@@H](CO)Oc3ccc(C(O)CCO)cc3OC)cc2OC)ccc1OCc1ccccc1. The van der Waals surface area contributed by atoms with Crippen LogP contribution in [0.1, 0.15) is 60.8 Å². The van der Waals surface area contributed by atoms with E-state index in [2.05, 4.69) is 0 Å². The summed E-state index contributed by atoms with van der Waals surface area (Å²) in [4.78, 5) is 0. The van der Waals surface area contributed by atoms with Gasteiger partial charge in [0.25, 0.3) is 0 Å². The Balaban J connectivity index is 1.33. The van der Waals surface area contributed by atoms with Crippen molar-refractivity contribution in [1.29, 1.82) is 0 Å². The average molecular weight is 721 g/mol. The smallest absolute Gasteiger partial charge is 0.163 e. The molecule has 0 amide bonds. The fourth-order valence-electron chi connectivity index (χ4n) is 5.87. The van der Waals surface area contributed by atoms with E-state index in [0.29, 0.717) is 46.5 Å². The van der Waals surface area contributed by atoms with Crippen LogP contribution < -0.4 is 28.4 Å². The molecule has 0 aromatic heterocycles. The molecule has 0 bridgehead atoms. The van der Waals surface area contributed by atoms with Crippen LogP contribution in [0, 0.1) is 0 Å². The molecule has 4 N–H and O–H groups in total. The van der Waals surface area contributed by atoms with Crippen molar-refractivity contribution < 1.29 is 58.3 Å². The van der Waals surface area contributed by atoms with Gasteiger partial charge in [0.1, 0.15) is 18.8 Å². The topological polar surface area (TPSA) is 155 Å². The largest absolute Gasteiger partial charge is 0.493 e. The molecule has 52 heavy (non-hydrogen) atoms. The van der Waals surface area contributed by atoms with Gasteiger partial charge in [-0.15, -0.1) is 0 Å². The van der Waals surface area contributed by atoms with Crippen LogP contribution in [0.3, 0.4) is 0 Å². The number of aliphatic hydroxyl groups excluding tert-OH is 4. The highest BCUT2D eigenvalue weighted by molar-refractivity contribution is 5.47. The molecule has 1 aliphatic heterocycles. The first kappa shape index (κ1) is 38.7. The lowest BCUT2D eigenvalue weighted by Gasteiger charge is -2.41. The maximum atomic E-state index is 11.3. The van der Waals surface area contributed by atoms with E-state index >= 15 is 0 Å². The quantitative estimate of drug-likeness (QED) is 0.110. The Morgan fingerprint density at radius 3 is 2.08 bits per heavy atom. The van der Waals surface area contributed by atoms with Gasteiger partial charge >= 0.3 is 0 Å². The molecule has 280 valence electrons. The molecule has 12 heteroatoms. The second kappa shape index (κ2) is 17.8. The Bertz CT molecular complexity index is 1730. The summed E-state index contributed by atoms with van der Waals surface area (Å²) in [5.41, 5.74) is 2.77. The van der Waals surface area contributed by atoms with E-state index in [0.717, 1.165) is 11.1 Å². The Morgan fingerprint density at radius 2 is 1.38 bits per heavy atom. The van der Waals surface area contributed by atoms with Gasteiger partial charge in [-0.05, 0) is 72.5 Å². The number of rotatable bonds is 17. The van der Waals surface area contributed by atoms with Gasteiger partial charge in [-0.1, -0.05) is 48.5 Å². The Labute approximate surface area is 304 Å². The number of aliphatic hydroxyl groups is 4. The van der Waals surface area contributed by atoms with Gasteiger partial charge in [0, 0.05) is 13.0 Å². The molecule has 1 heterocycles. The van der Waals surface area contributed by atoms with Gasteiger partial charge in [-0.25, -0.2) is 0 Å². The van der Waals surface area contributed by atoms with Gasteiger partial charge in [0.2, 0.25) is 0 Å². The summed E-state index contributed by atoms with van der Waals surface area (Å²) < 4.78 is 47.7. The zero-order chi connectivity index (χ0) is 37.3. The molecule has 12 nitrogen and oxygen atoms in total. The van der Waals surface area contributed by atoms with Gasteiger partial charge in [-0.2, -0.15) is 0 Å². The summed E-state index contributed by atoms with van der Waals surface area (Å²) >= 11 is 0. The summed E-state index contributed by atoms with van der Waals surface area (Å²) in [6, 6.07) is 25.2. The molecular weight excluding hydrogens is 672 g/mol. The predicted molar refractivity (Wildman–Crippen MR) is 191 cm³/mol. The number of hydrogen-bond acceptors (Lipinski definition) is 12. The predicted octanol–water partition coefficient (Wildman–Crippen LogP) is 5.45. The van der Waals surface area contributed by atoms with E-state index < -0.39 is 42.9 Å². The number of benzene rings is 4. The molecule has 0 saturated carbocycles. The van der Waals surface area contributed by atoms with Crippen LogP contribution in [0.4, 0.5) is 0 Å². The zero-order valence-corrected chi connectivity index (χ0v) is 30.1. The summed E-state index contributed by atoms with van der Waals surface area (Å²) in [6.45, 7) is 3.57. The molecule has 1 aliphatic rings. The van der Waals surface area contributed by atoms with Crippen LogP contribution in [0.25, 0.3) is 0 Å². The molecule has 1 fully saturated rings. The van der Waals surface area contributed by atoms with Crippen molar-refractivity contribution in [3.05, 3.63) is 107 Å². The molecule has 1 saturated heterocycles. The zero-order valence-electron chi connectivity index (χ0n) is 30.1. The third-order valence-corrected chi connectivity index (χ3v) is 8.69. The molecule has 0 aliphatic carbocycles. The summed E-state index contributed by atoms with van der Waals surface area (Å²) in [7, 11) is 4.52. The van der Waals surface area contributed by atoms with E-state index in [-0.39, 0.29) is 25.4 Å². The van der Waals surface area contributed by atoms with Crippen LogP contribution in [0.5, 0.6) is 34.5 Å². The average Bonchev–Trinajstić information content (AvgIpc) is 3.16. The highest BCUT2D eigenvalue weighted by atomic mass is 16.7. The molecule has 4 aromatic rings. The molecule has 0 radical (unpaired) electrons.